The lowest BCUT2D eigenvalue weighted by molar-refractivity contribution is -0.131. The van der Waals surface area contributed by atoms with Crippen molar-refractivity contribution in [1.82, 2.24) is 15.1 Å². The lowest BCUT2D eigenvalue weighted by Gasteiger charge is -2.34. The summed E-state index contributed by atoms with van der Waals surface area (Å²) in [5.74, 6) is 0.200. The Kier molecular flexibility index (Phi) is 4.62. The van der Waals surface area contributed by atoms with E-state index < -0.39 is 0 Å². The first-order valence-corrected chi connectivity index (χ1v) is 5.03. The monoisotopic (exact) mass is 197 g/mol. The SMILES string of the molecule is C=CCN1CCN(C(=O)CNC)CC1. The number of likely N-dealkylation sites (N-methyl/N-ethyl adjacent to an activating group) is 1. The number of carbonyl (C=O) groups excluding carboxylic acids is 1. The van der Waals surface area contributed by atoms with Gasteiger partial charge in [-0.05, 0) is 7.05 Å². The van der Waals surface area contributed by atoms with Crippen LogP contribution < -0.4 is 5.32 Å². The van der Waals surface area contributed by atoms with E-state index in [1.54, 1.807) is 7.05 Å². The van der Waals surface area contributed by atoms with Gasteiger partial charge in [0.15, 0.2) is 0 Å². The molecule has 80 valence electrons. The van der Waals surface area contributed by atoms with Crippen molar-refractivity contribution in [2.75, 3.05) is 46.3 Å². The molecule has 0 bridgehead atoms. The third-order valence-corrected chi connectivity index (χ3v) is 2.44. The largest absolute Gasteiger partial charge is 0.339 e. The Morgan fingerprint density at radius 2 is 2.07 bits per heavy atom. The third kappa shape index (κ3) is 3.12. The summed E-state index contributed by atoms with van der Waals surface area (Å²) in [6.45, 7) is 8.68. The minimum absolute atomic E-state index is 0.200. The van der Waals surface area contributed by atoms with Gasteiger partial charge in [0, 0.05) is 32.7 Å². The highest BCUT2D eigenvalue weighted by molar-refractivity contribution is 5.78. The molecule has 1 heterocycles. The molecule has 0 spiro atoms. The zero-order chi connectivity index (χ0) is 10.4. The van der Waals surface area contributed by atoms with Crippen LogP contribution in [0.3, 0.4) is 0 Å². The van der Waals surface area contributed by atoms with Crippen LogP contribution in [0.5, 0.6) is 0 Å². The number of rotatable bonds is 4. The van der Waals surface area contributed by atoms with E-state index in [2.05, 4.69) is 16.8 Å². The lowest BCUT2D eigenvalue weighted by atomic mass is 10.3. The standard InChI is InChI=1S/C10H19N3O/c1-3-4-12-5-7-13(8-6-12)10(14)9-11-2/h3,11H,1,4-9H2,2H3. The molecule has 1 rings (SSSR count). The highest BCUT2D eigenvalue weighted by Gasteiger charge is 2.19. The van der Waals surface area contributed by atoms with Gasteiger partial charge in [-0.1, -0.05) is 6.08 Å². The van der Waals surface area contributed by atoms with E-state index in [4.69, 9.17) is 0 Å². The van der Waals surface area contributed by atoms with Crippen molar-refractivity contribution in [3.63, 3.8) is 0 Å². The van der Waals surface area contributed by atoms with Crippen LogP contribution in [-0.4, -0.2) is 62.0 Å². The van der Waals surface area contributed by atoms with E-state index >= 15 is 0 Å². The Bertz CT molecular complexity index is 198. The van der Waals surface area contributed by atoms with Gasteiger partial charge in [0.2, 0.25) is 5.91 Å². The van der Waals surface area contributed by atoms with Crippen molar-refractivity contribution >= 4 is 5.91 Å². The molecule has 1 N–H and O–H groups in total. The first-order valence-electron chi connectivity index (χ1n) is 5.03. The number of amides is 1. The summed E-state index contributed by atoms with van der Waals surface area (Å²) in [6.07, 6.45) is 1.91. The highest BCUT2D eigenvalue weighted by atomic mass is 16.2. The van der Waals surface area contributed by atoms with Gasteiger partial charge >= 0.3 is 0 Å². The van der Waals surface area contributed by atoms with E-state index in [-0.39, 0.29) is 5.91 Å². The molecule has 1 saturated heterocycles. The summed E-state index contributed by atoms with van der Waals surface area (Å²) in [4.78, 5) is 15.7. The second-order valence-electron chi connectivity index (χ2n) is 3.50. The first-order chi connectivity index (χ1) is 6.77. The van der Waals surface area contributed by atoms with Crippen LogP contribution in [0.1, 0.15) is 0 Å². The van der Waals surface area contributed by atoms with Crippen molar-refractivity contribution in [3.8, 4) is 0 Å². The van der Waals surface area contributed by atoms with E-state index in [0.717, 1.165) is 32.7 Å². The maximum Gasteiger partial charge on any atom is 0.236 e. The second kappa shape index (κ2) is 5.78. The molecule has 0 aliphatic carbocycles. The van der Waals surface area contributed by atoms with Crippen molar-refractivity contribution < 1.29 is 4.79 Å². The lowest BCUT2D eigenvalue weighted by Crippen LogP contribution is -2.50. The molecular formula is C10H19N3O. The molecular weight excluding hydrogens is 178 g/mol. The molecule has 0 aromatic rings. The van der Waals surface area contributed by atoms with Gasteiger partial charge in [-0.25, -0.2) is 0 Å². The fraction of sp³-hybridized carbons (Fsp3) is 0.700. The molecule has 1 aliphatic heterocycles. The Labute approximate surface area is 85.6 Å². The third-order valence-electron chi connectivity index (χ3n) is 2.44. The second-order valence-corrected chi connectivity index (χ2v) is 3.50. The van der Waals surface area contributed by atoms with Gasteiger partial charge in [-0.2, -0.15) is 0 Å². The molecule has 14 heavy (non-hydrogen) atoms. The van der Waals surface area contributed by atoms with Gasteiger partial charge in [-0.15, -0.1) is 6.58 Å². The summed E-state index contributed by atoms with van der Waals surface area (Å²) in [5, 5.41) is 2.88. The van der Waals surface area contributed by atoms with Gasteiger partial charge in [0.25, 0.3) is 0 Å². The van der Waals surface area contributed by atoms with Gasteiger partial charge < -0.3 is 10.2 Å². The summed E-state index contributed by atoms with van der Waals surface area (Å²) in [7, 11) is 1.80. The number of hydrogen-bond acceptors (Lipinski definition) is 3. The van der Waals surface area contributed by atoms with Crippen LogP contribution in [0, 0.1) is 0 Å². The molecule has 1 amide bonds. The van der Waals surface area contributed by atoms with Crippen molar-refractivity contribution in [3.05, 3.63) is 12.7 Å². The number of piperazine rings is 1. The van der Waals surface area contributed by atoms with E-state index in [0.29, 0.717) is 6.54 Å². The van der Waals surface area contributed by atoms with Gasteiger partial charge in [0.1, 0.15) is 0 Å². The molecule has 0 atom stereocenters. The Morgan fingerprint density at radius 3 is 2.57 bits per heavy atom. The average molecular weight is 197 g/mol. The number of nitrogens with one attached hydrogen (secondary N) is 1. The number of nitrogens with zero attached hydrogens (tertiary/aromatic N) is 2. The Hall–Kier alpha value is -0.870. The minimum atomic E-state index is 0.200. The van der Waals surface area contributed by atoms with Crippen LogP contribution >= 0.6 is 0 Å². The van der Waals surface area contributed by atoms with Crippen LogP contribution in [0.25, 0.3) is 0 Å². The molecule has 1 aliphatic rings. The van der Waals surface area contributed by atoms with Crippen LogP contribution in [0.4, 0.5) is 0 Å². The predicted molar refractivity (Wildman–Crippen MR) is 57.1 cm³/mol. The molecule has 0 unspecified atom stereocenters. The smallest absolute Gasteiger partial charge is 0.236 e. The van der Waals surface area contributed by atoms with Crippen molar-refractivity contribution in [1.29, 1.82) is 0 Å². The van der Waals surface area contributed by atoms with Crippen LogP contribution in [0.2, 0.25) is 0 Å². The summed E-state index contributed by atoms with van der Waals surface area (Å²) in [5.41, 5.74) is 0. The first kappa shape index (κ1) is 11.2. The van der Waals surface area contributed by atoms with Crippen molar-refractivity contribution in [2.24, 2.45) is 0 Å². The molecule has 4 nitrogen and oxygen atoms in total. The molecule has 0 saturated carbocycles. The molecule has 0 aromatic heterocycles. The highest BCUT2D eigenvalue weighted by Crippen LogP contribution is 2.01. The molecule has 1 fully saturated rings. The predicted octanol–water partition coefficient (Wildman–Crippen LogP) is -0.464. The topological polar surface area (TPSA) is 35.6 Å². The Morgan fingerprint density at radius 1 is 1.43 bits per heavy atom. The minimum Gasteiger partial charge on any atom is -0.339 e. The van der Waals surface area contributed by atoms with Gasteiger partial charge in [-0.3, -0.25) is 9.69 Å². The van der Waals surface area contributed by atoms with E-state index in [1.165, 1.54) is 0 Å². The number of hydrogen-bond donors (Lipinski definition) is 1. The molecule has 0 aromatic carbocycles. The fourth-order valence-corrected chi connectivity index (χ4v) is 1.63. The maximum absolute atomic E-state index is 11.5. The van der Waals surface area contributed by atoms with Crippen molar-refractivity contribution in [2.45, 2.75) is 0 Å². The molecule has 0 radical (unpaired) electrons. The quantitative estimate of drug-likeness (QED) is 0.619. The maximum atomic E-state index is 11.5. The normalized spacial score (nSPS) is 18.2. The van der Waals surface area contributed by atoms with Crippen LogP contribution in [-0.2, 0) is 4.79 Å². The zero-order valence-corrected chi connectivity index (χ0v) is 8.83. The zero-order valence-electron chi connectivity index (χ0n) is 8.83. The number of carbonyl (C=O) groups is 1. The Balaban J connectivity index is 2.27. The summed E-state index contributed by atoms with van der Waals surface area (Å²) in [6, 6.07) is 0. The fourth-order valence-electron chi connectivity index (χ4n) is 1.63. The summed E-state index contributed by atoms with van der Waals surface area (Å²) < 4.78 is 0. The summed E-state index contributed by atoms with van der Waals surface area (Å²) >= 11 is 0. The van der Waals surface area contributed by atoms with E-state index in [9.17, 15) is 4.79 Å². The van der Waals surface area contributed by atoms with E-state index in [1.807, 2.05) is 11.0 Å². The molecule has 4 heteroatoms. The van der Waals surface area contributed by atoms with Crippen LogP contribution in [0.15, 0.2) is 12.7 Å². The average Bonchev–Trinajstić information content (AvgIpc) is 2.20. The van der Waals surface area contributed by atoms with Gasteiger partial charge in [0.05, 0.1) is 6.54 Å².